The van der Waals surface area contributed by atoms with Gasteiger partial charge in [0.2, 0.25) is 11.6 Å². The lowest BCUT2D eigenvalue weighted by atomic mass is 9.97. The molecule has 1 aliphatic carbocycles. The van der Waals surface area contributed by atoms with Crippen LogP contribution < -0.4 is 0 Å². The van der Waals surface area contributed by atoms with E-state index in [0.717, 1.165) is 13.8 Å². The van der Waals surface area contributed by atoms with E-state index in [1.807, 2.05) is 0 Å². The fraction of sp³-hybridized carbons (Fsp3) is 0.250. The zero-order chi connectivity index (χ0) is 14.5. The topological polar surface area (TPSA) is 143 Å². The minimum Gasteiger partial charge on any atom is -0.285 e. The molecular weight excluding hydrogens is 288 g/mol. The first kappa shape index (κ1) is 14.7. The predicted molar refractivity (Wildman–Crippen MR) is 58.5 cm³/mol. The van der Waals surface area contributed by atoms with Crippen LogP contribution in [0.15, 0.2) is 21.0 Å². The maximum absolute atomic E-state index is 11.4. The molecule has 0 fully saturated rings. The first-order valence-electron chi connectivity index (χ1n) is 4.35. The van der Waals surface area contributed by atoms with Crippen molar-refractivity contribution in [2.75, 3.05) is 0 Å². The van der Waals surface area contributed by atoms with Gasteiger partial charge in [-0.2, -0.15) is 16.8 Å². The summed E-state index contributed by atoms with van der Waals surface area (Å²) in [4.78, 5) is 20.2. The van der Waals surface area contributed by atoms with E-state index < -0.39 is 52.8 Å². The number of ketones is 2. The van der Waals surface area contributed by atoms with Gasteiger partial charge < -0.3 is 0 Å². The number of carbonyl (C=O) groups is 2. The molecule has 10 heteroatoms. The highest BCUT2D eigenvalue weighted by atomic mass is 32.2. The molecule has 2 N–H and O–H groups in total. The Labute approximate surface area is 102 Å². The number of hydrogen-bond donors (Lipinski definition) is 2. The van der Waals surface area contributed by atoms with Crippen LogP contribution in [-0.2, 0) is 29.8 Å². The van der Waals surface area contributed by atoms with Crippen LogP contribution in [0.5, 0.6) is 0 Å². The highest BCUT2D eigenvalue weighted by Gasteiger charge is 2.41. The van der Waals surface area contributed by atoms with E-state index >= 15 is 0 Å². The van der Waals surface area contributed by atoms with Crippen molar-refractivity contribution in [3.63, 3.8) is 0 Å². The molecule has 8 nitrogen and oxygen atoms in total. The first-order valence-corrected chi connectivity index (χ1v) is 7.23. The van der Waals surface area contributed by atoms with Gasteiger partial charge in [-0.15, -0.1) is 0 Å². The zero-order valence-corrected chi connectivity index (χ0v) is 10.8. The molecule has 0 aromatic heterocycles. The molecule has 0 radical (unpaired) electrons. The molecule has 0 aromatic rings. The number of carbonyl (C=O) groups excluding carboxylic acids is 2. The Morgan fingerprint density at radius 2 is 0.944 bits per heavy atom. The third-order valence-corrected chi connectivity index (χ3v) is 4.47. The van der Waals surface area contributed by atoms with E-state index in [2.05, 4.69) is 0 Å². The summed E-state index contributed by atoms with van der Waals surface area (Å²) in [7, 11) is -10.2. The molecule has 0 saturated heterocycles. The Kier molecular flexibility index (Phi) is 3.34. The normalized spacial score (nSPS) is 18.7. The van der Waals surface area contributed by atoms with Crippen molar-refractivity contribution in [3.8, 4) is 0 Å². The highest BCUT2D eigenvalue weighted by molar-refractivity contribution is 7.95. The molecule has 0 aromatic carbocycles. The molecule has 0 unspecified atom stereocenters. The smallest absolute Gasteiger partial charge is 0.285 e. The van der Waals surface area contributed by atoms with E-state index in [4.69, 9.17) is 9.11 Å². The average Bonchev–Trinajstić information content (AvgIpc) is 2.16. The summed E-state index contributed by atoms with van der Waals surface area (Å²) in [5.41, 5.74) is -1.53. The van der Waals surface area contributed by atoms with Gasteiger partial charge in [0.1, 0.15) is 9.81 Å². The van der Waals surface area contributed by atoms with E-state index in [9.17, 15) is 26.4 Å². The molecule has 0 saturated carbocycles. The van der Waals surface area contributed by atoms with E-state index in [1.165, 1.54) is 0 Å². The summed E-state index contributed by atoms with van der Waals surface area (Å²) < 4.78 is 62.1. The number of allylic oxidation sites excluding steroid dienone is 2. The van der Waals surface area contributed by atoms with E-state index in [1.54, 1.807) is 0 Å². The largest absolute Gasteiger partial charge is 0.296 e. The lowest BCUT2D eigenvalue weighted by molar-refractivity contribution is -0.132. The monoisotopic (exact) mass is 296 g/mol. The second-order valence-electron chi connectivity index (χ2n) is 3.52. The fourth-order valence-electron chi connectivity index (χ4n) is 1.51. The highest BCUT2D eigenvalue weighted by Crippen LogP contribution is 2.32. The third kappa shape index (κ3) is 2.27. The Morgan fingerprint density at radius 1 is 0.722 bits per heavy atom. The van der Waals surface area contributed by atoms with Crippen LogP contribution in [0.3, 0.4) is 0 Å². The standard InChI is InChI=1S/C8H8O8S2/c1-3-5(9)6(10)4(2)8(18(14,15)16)7(3)17(11,12)13/h1-2H3,(H,11,12,13)(H,14,15,16). The molecule has 0 bridgehead atoms. The van der Waals surface area contributed by atoms with Crippen LogP contribution in [0.25, 0.3) is 0 Å². The van der Waals surface area contributed by atoms with Crippen molar-refractivity contribution < 1.29 is 35.5 Å². The molecular formula is C8H8O8S2. The van der Waals surface area contributed by atoms with Gasteiger partial charge in [-0.25, -0.2) is 0 Å². The second kappa shape index (κ2) is 4.09. The fourth-order valence-corrected chi connectivity index (χ4v) is 3.87. The van der Waals surface area contributed by atoms with Gasteiger partial charge in [-0.1, -0.05) is 0 Å². The zero-order valence-electron chi connectivity index (χ0n) is 9.16. The number of rotatable bonds is 2. The molecule has 0 spiro atoms. The molecule has 0 heterocycles. The van der Waals surface area contributed by atoms with Crippen LogP contribution in [0, 0.1) is 0 Å². The maximum atomic E-state index is 11.4. The van der Waals surface area contributed by atoms with Crippen molar-refractivity contribution in [3.05, 3.63) is 21.0 Å². The van der Waals surface area contributed by atoms with Crippen molar-refractivity contribution in [1.29, 1.82) is 0 Å². The lowest BCUT2D eigenvalue weighted by Crippen LogP contribution is -2.29. The van der Waals surface area contributed by atoms with Gasteiger partial charge in [0.05, 0.1) is 0 Å². The summed E-state index contributed by atoms with van der Waals surface area (Å²) in [6, 6.07) is 0. The molecule has 100 valence electrons. The van der Waals surface area contributed by atoms with Gasteiger partial charge in [-0.3, -0.25) is 18.7 Å². The average molecular weight is 296 g/mol. The van der Waals surface area contributed by atoms with Crippen molar-refractivity contribution >= 4 is 31.8 Å². The van der Waals surface area contributed by atoms with Crippen LogP contribution in [0.4, 0.5) is 0 Å². The lowest BCUT2D eigenvalue weighted by Gasteiger charge is -2.17. The third-order valence-electron chi connectivity index (χ3n) is 2.29. The summed E-state index contributed by atoms with van der Waals surface area (Å²) in [6.07, 6.45) is 0. The van der Waals surface area contributed by atoms with Crippen LogP contribution >= 0.6 is 0 Å². The van der Waals surface area contributed by atoms with Crippen molar-refractivity contribution in [2.24, 2.45) is 0 Å². The molecule has 1 rings (SSSR count). The molecule has 0 amide bonds. The molecule has 1 aliphatic rings. The predicted octanol–water partition coefficient (Wildman–Crippen LogP) is -0.538. The van der Waals surface area contributed by atoms with Gasteiger partial charge >= 0.3 is 0 Å². The molecule has 18 heavy (non-hydrogen) atoms. The SMILES string of the molecule is CC1=C(S(=O)(=O)O)C(S(=O)(=O)O)=C(C)C(=O)C1=O. The van der Waals surface area contributed by atoms with Crippen LogP contribution in [0.1, 0.15) is 13.8 Å². The second-order valence-corrected chi connectivity index (χ2v) is 6.23. The summed E-state index contributed by atoms with van der Waals surface area (Å²) in [5.74, 6) is -2.51. The van der Waals surface area contributed by atoms with Crippen molar-refractivity contribution in [1.82, 2.24) is 0 Å². The summed E-state index contributed by atoms with van der Waals surface area (Å²) in [5, 5.41) is 0. The Hall–Kier alpha value is -1.36. The quantitative estimate of drug-likeness (QED) is 0.393. The van der Waals surface area contributed by atoms with Gasteiger partial charge in [-0.05, 0) is 13.8 Å². The van der Waals surface area contributed by atoms with Gasteiger partial charge in [0.15, 0.2) is 0 Å². The van der Waals surface area contributed by atoms with Crippen LogP contribution in [-0.4, -0.2) is 37.5 Å². The molecule has 0 aliphatic heterocycles. The first-order chi connectivity index (χ1) is 7.89. The maximum Gasteiger partial charge on any atom is 0.296 e. The number of hydrogen-bond acceptors (Lipinski definition) is 6. The minimum atomic E-state index is -5.09. The van der Waals surface area contributed by atoms with Gasteiger partial charge in [0, 0.05) is 11.1 Å². The Balaban J connectivity index is 3.94. The summed E-state index contributed by atoms with van der Waals surface area (Å²) in [6.45, 7) is 1.72. The Bertz CT molecular complexity index is 653. The van der Waals surface area contributed by atoms with Gasteiger partial charge in [0.25, 0.3) is 20.2 Å². The minimum absolute atomic E-state index is 0.763. The van der Waals surface area contributed by atoms with Crippen LogP contribution in [0.2, 0.25) is 0 Å². The van der Waals surface area contributed by atoms with E-state index in [0.29, 0.717) is 0 Å². The number of Topliss-reactive ketones (excluding diaryl/α,β-unsaturated/α-hetero) is 2. The van der Waals surface area contributed by atoms with Crippen molar-refractivity contribution in [2.45, 2.75) is 13.8 Å². The summed E-state index contributed by atoms with van der Waals surface area (Å²) >= 11 is 0. The van der Waals surface area contributed by atoms with E-state index in [-0.39, 0.29) is 0 Å². The Morgan fingerprint density at radius 3 is 1.11 bits per heavy atom. The molecule has 0 atom stereocenters.